The van der Waals surface area contributed by atoms with Gasteiger partial charge in [-0.2, -0.15) is 4.39 Å². The Morgan fingerprint density at radius 1 is 1.41 bits per heavy atom. The van der Waals surface area contributed by atoms with Gasteiger partial charge < -0.3 is 14.6 Å². The molecule has 2 aliphatic rings. The Hall–Kier alpha value is -1.69. The summed E-state index contributed by atoms with van der Waals surface area (Å²) in [5, 5.41) is 9.43. The van der Waals surface area contributed by atoms with Crippen LogP contribution in [0.1, 0.15) is 37.2 Å². The molecule has 2 atom stereocenters. The number of carboxylic acids is 1. The fraction of sp³-hybridized carbons (Fsp3) is 0.562. The second-order valence-electron chi connectivity index (χ2n) is 6.09. The highest BCUT2D eigenvalue weighted by Gasteiger charge is 2.49. The summed E-state index contributed by atoms with van der Waals surface area (Å²) in [6, 6.07) is 2.45. The van der Waals surface area contributed by atoms with Crippen LogP contribution in [0.3, 0.4) is 0 Å². The number of carboxylic acid groups (broad SMARTS) is 1. The van der Waals surface area contributed by atoms with Crippen molar-refractivity contribution in [3.05, 3.63) is 29.3 Å². The molecule has 0 amide bonds. The summed E-state index contributed by atoms with van der Waals surface area (Å²) < 4.78 is 38.1. The van der Waals surface area contributed by atoms with Crippen molar-refractivity contribution in [2.75, 3.05) is 13.7 Å². The first-order chi connectivity index (χ1) is 10.5. The van der Waals surface area contributed by atoms with E-state index in [4.69, 9.17) is 9.47 Å². The number of halogens is 2. The Bertz CT molecular complexity index is 598. The third-order valence-corrected chi connectivity index (χ3v) is 4.91. The predicted molar refractivity (Wildman–Crippen MR) is 73.9 cm³/mol. The summed E-state index contributed by atoms with van der Waals surface area (Å²) in [6.45, 7) is 0.0855. The van der Waals surface area contributed by atoms with Crippen molar-refractivity contribution < 1.29 is 28.2 Å². The van der Waals surface area contributed by atoms with E-state index >= 15 is 0 Å². The Balaban J connectivity index is 2.02. The highest BCUT2D eigenvalue weighted by atomic mass is 19.2. The standard InChI is InChI=1S/C16H18F2O4/c1-21-14-9(3-4-12(17)13(14)18)10-7-16(5-2-6-16)22-8-11(10)15(19)20/h3-4,10-11H,2,5-8H2,1H3,(H,19,20)/t10-,11?/m0/s1. The number of hydrogen-bond acceptors (Lipinski definition) is 3. The van der Waals surface area contributed by atoms with Gasteiger partial charge in [-0.1, -0.05) is 6.07 Å². The molecule has 1 aliphatic heterocycles. The molecule has 1 N–H and O–H groups in total. The van der Waals surface area contributed by atoms with E-state index < -0.39 is 29.4 Å². The molecule has 1 saturated heterocycles. The van der Waals surface area contributed by atoms with Crippen molar-refractivity contribution in [1.29, 1.82) is 0 Å². The average molecular weight is 312 g/mol. The van der Waals surface area contributed by atoms with Crippen LogP contribution in [0, 0.1) is 17.6 Å². The second-order valence-corrected chi connectivity index (χ2v) is 6.09. The predicted octanol–water partition coefficient (Wildman–Crippen LogP) is 3.10. The largest absolute Gasteiger partial charge is 0.493 e. The zero-order valence-corrected chi connectivity index (χ0v) is 12.3. The Morgan fingerprint density at radius 2 is 2.14 bits per heavy atom. The lowest BCUT2D eigenvalue weighted by Gasteiger charge is -2.49. The summed E-state index contributed by atoms with van der Waals surface area (Å²) >= 11 is 0. The Kier molecular flexibility index (Phi) is 3.80. The summed E-state index contributed by atoms with van der Waals surface area (Å²) in [5.41, 5.74) is 0.0929. The van der Waals surface area contributed by atoms with E-state index in [2.05, 4.69) is 0 Å². The van der Waals surface area contributed by atoms with Crippen LogP contribution in [-0.2, 0) is 9.53 Å². The van der Waals surface area contributed by atoms with E-state index in [-0.39, 0.29) is 18.0 Å². The minimum absolute atomic E-state index is 0.0855. The second kappa shape index (κ2) is 5.50. The van der Waals surface area contributed by atoms with Crippen LogP contribution in [0.2, 0.25) is 0 Å². The van der Waals surface area contributed by atoms with Gasteiger partial charge in [-0.3, -0.25) is 4.79 Å². The molecule has 1 aromatic rings. The maximum atomic E-state index is 14.0. The SMILES string of the molecule is COc1c([C@@H]2CC3(CCC3)OCC2C(=O)O)ccc(F)c1F. The van der Waals surface area contributed by atoms with Gasteiger partial charge in [0.15, 0.2) is 11.6 Å². The van der Waals surface area contributed by atoms with Gasteiger partial charge in [0.05, 0.1) is 25.2 Å². The van der Waals surface area contributed by atoms with E-state index in [0.29, 0.717) is 12.0 Å². The molecule has 0 bridgehead atoms. The highest BCUT2D eigenvalue weighted by Crippen LogP contribution is 2.50. The average Bonchev–Trinajstić information content (AvgIpc) is 2.47. The maximum absolute atomic E-state index is 14.0. The number of hydrogen-bond donors (Lipinski definition) is 1. The molecule has 2 fully saturated rings. The molecular formula is C16H18F2O4. The molecule has 1 unspecified atom stereocenters. The summed E-state index contributed by atoms with van der Waals surface area (Å²) in [7, 11) is 1.26. The van der Waals surface area contributed by atoms with Gasteiger partial charge in [0.2, 0.25) is 5.82 Å². The number of ether oxygens (including phenoxy) is 2. The zero-order valence-electron chi connectivity index (χ0n) is 12.3. The van der Waals surface area contributed by atoms with Crippen molar-refractivity contribution in [3.63, 3.8) is 0 Å². The fourth-order valence-electron chi connectivity index (χ4n) is 3.52. The lowest BCUT2D eigenvalue weighted by atomic mass is 9.67. The van der Waals surface area contributed by atoms with Crippen LogP contribution in [0.5, 0.6) is 5.75 Å². The van der Waals surface area contributed by atoms with Crippen molar-refractivity contribution in [3.8, 4) is 5.75 Å². The molecule has 4 nitrogen and oxygen atoms in total. The number of carbonyl (C=O) groups is 1. The Labute approximate surface area is 127 Å². The van der Waals surface area contributed by atoms with E-state index in [1.54, 1.807) is 0 Å². The zero-order chi connectivity index (χ0) is 15.9. The van der Waals surface area contributed by atoms with Gasteiger partial charge in [0, 0.05) is 11.5 Å². The molecule has 1 aromatic carbocycles. The van der Waals surface area contributed by atoms with Crippen LogP contribution in [0.15, 0.2) is 12.1 Å². The number of benzene rings is 1. The first kappa shape index (κ1) is 15.2. The summed E-state index contributed by atoms with van der Waals surface area (Å²) in [5.74, 6) is -4.50. The molecule has 120 valence electrons. The van der Waals surface area contributed by atoms with E-state index in [9.17, 15) is 18.7 Å². The molecule has 0 aromatic heterocycles. The van der Waals surface area contributed by atoms with Gasteiger partial charge in [0.1, 0.15) is 0 Å². The van der Waals surface area contributed by atoms with Crippen LogP contribution < -0.4 is 4.74 Å². The first-order valence-electron chi connectivity index (χ1n) is 7.36. The van der Waals surface area contributed by atoms with Crippen molar-refractivity contribution in [2.24, 2.45) is 5.92 Å². The molecule has 1 spiro atoms. The number of methoxy groups -OCH3 is 1. The van der Waals surface area contributed by atoms with Gasteiger partial charge in [0.25, 0.3) is 0 Å². The molecule has 3 rings (SSSR count). The number of rotatable bonds is 3. The molecule has 0 radical (unpaired) electrons. The summed E-state index contributed by atoms with van der Waals surface area (Å²) in [6.07, 6.45) is 3.29. The van der Waals surface area contributed by atoms with E-state index in [1.165, 1.54) is 13.2 Å². The topological polar surface area (TPSA) is 55.8 Å². The highest BCUT2D eigenvalue weighted by molar-refractivity contribution is 5.72. The van der Waals surface area contributed by atoms with Crippen LogP contribution in [0.4, 0.5) is 8.78 Å². The smallest absolute Gasteiger partial charge is 0.309 e. The number of aliphatic carboxylic acids is 1. The van der Waals surface area contributed by atoms with E-state index in [1.807, 2.05) is 0 Å². The van der Waals surface area contributed by atoms with Crippen molar-refractivity contribution in [2.45, 2.75) is 37.2 Å². The van der Waals surface area contributed by atoms with Gasteiger partial charge in [-0.15, -0.1) is 0 Å². The molecular weight excluding hydrogens is 294 g/mol. The quantitative estimate of drug-likeness (QED) is 0.932. The van der Waals surface area contributed by atoms with Crippen LogP contribution in [0.25, 0.3) is 0 Å². The lowest BCUT2D eigenvalue weighted by Crippen LogP contribution is -2.49. The van der Waals surface area contributed by atoms with Crippen LogP contribution >= 0.6 is 0 Å². The van der Waals surface area contributed by atoms with Gasteiger partial charge in [-0.25, -0.2) is 4.39 Å². The third-order valence-electron chi connectivity index (χ3n) is 4.91. The monoisotopic (exact) mass is 312 g/mol. The van der Waals surface area contributed by atoms with Gasteiger partial charge >= 0.3 is 5.97 Å². The van der Waals surface area contributed by atoms with Gasteiger partial charge in [-0.05, 0) is 31.7 Å². The molecule has 1 saturated carbocycles. The Morgan fingerprint density at radius 3 is 2.68 bits per heavy atom. The molecule has 1 aliphatic carbocycles. The lowest BCUT2D eigenvalue weighted by molar-refractivity contribution is -0.173. The normalized spacial score (nSPS) is 26.5. The molecule has 6 heteroatoms. The summed E-state index contributed by atoms with van der Waals surface area (Å²) in [4.78, 5) is 11.5. The van der Waals surface area contributed by atoms with Crippen molar-refractivity contribution >= 4 is 5.97 Å². The third kappa shape index (κ3) is 2.35. The minimum atomic E-state index is -1.07. The maximum Gasteiger partial charge on any atom is 0.309 e. The van der Waals surface area contributed by atoms with Crippen LogP contribution in [-0.4, -0.2) is 30.4 Å². The molecule has 22 heavy (non-hydrogen) atoms. The first-order valence-corrected chi connectivity index (χ1v) is 7.36. The molecule has 1 heterocycles. The fourth-order valence-corrected chi connectivity index (χ4v) is 3.52. The minimum Gasteiger partial charge on any atom is -0.493 e. The van der Waals surface area contributed by atoms with Crippen molar-refractivity contribution in [1.82, 2.24) is 0 Å². The van der Waals surface area contributed by atoms with E-state index in [0.717, 1.165) is 25.3 Å².